The fourth-order valence-corrected chi connectivity index (χ4v) is 7.63. The molecule has 0 heterocycles. The van der Waals surface area contributed by atoms with E-state index >= 15 is 0 Å². The highest BCUT2D eigenvalue weighted by Gasteiger charge is 2.45. The maximum Gasteiger partial charge on any atom is 0.303 e. The van der Waals surface area contributed by atoms with Crippen molar-refractivity contribution in [2.75, 3.05) is 18.1 Å². The third-order valence-electron chi connectivity index (χ3n) is 6.55. The highest BCUT2D eigenvalue weighted by molar-refractivity contribution is 8.17. The zero-order valence-corrected chi connectivity index (χ0v) is 26.9. The highest BCUT2D eigenvalue weighted by atomic mass is 32.2. The van der Waals surface area contributed by atoms with E-state index in [1.807, 2.05) is 105 Å². The van der Waals surface area contributed by atoms with Gasteiger partial charge in [-0.3, -0.25) is 14.4 Å². The van der Waals surface area contributed by atoms with Gasteiger partial charge in [0, 0.05) is 20.8 Å². The van der Waals surface area contributed by atoms with Crippen LogP contribution in [0.25, 0.3) is 0 Å². The van der Waals surface area contributed by atoms with E-state index in [9.17, 15) is 14.4 Å². The number of hydrogen-bond donors (Lipinski definition) is 0. The number of rotatable bonds is 16. The van der Waals surface area contributed by atoms with Crippen LogP contribution in [0, 0.1) is 0 Å². The minimum atomic E-state index is -1.13. The van der Waals surface area contributed by atoms with Gasteiger partial charge in [-0.05, 0) is 28.2 Å². The van der Waals surface area contributed by atoms with Gasteiger partial charge in [0.2, 0.25) is 0 Å². The van der Waals surface area contributed by atoms with Crippen LogP contribution in [0.1, 0.15) is 51.3 Å². The second-order valence-electron chi connectivity index (χ2n) is 9.67. The second-order valence-corrected chi connectivity index (χ2v) is 12.8. The molecule has 7 nitrogen and oxygen atoms in total. The lowest BCUT2D eigenvalue weighted by atomic mass is 9.80. The average molecular weight is 625 g/mol. The monoisotopic (exact) mass is 624 g/mol. The first-order valence-corrected chi connectivity index (χ1v) is 16.4. The third kappa shape index (κ3) is 9.36. The van der Waals surface area contributed by atoms with E-state index in [0.717, 1.165) is 28.2 Å². The van der Waals surface area contributed by atoms with Gasteiger partial charge >= 0.3 is 17.9 Å². The van der Waals surface area contributed by atoms with Gasteiger partial charge in [0.15, 0.2) is 18.3 Å². The Morgan fingerprint density at radius 1 is 0.605 bits per heavy atom. The van der Waals surface area contributed by atoms with Crippen LogP contribution >= 0.6 is 23.5 Å². The van der Waals surface area contributed by atoms with Crippen LogP contribution in [0.15, 0.2) is 91.0 Å². The molecule has 0 aliphatic carbocycles. The first-order chi connectivity index (χ1) is 20.7. The number of esters is 3. The van der Waals surface area contributed by atoms with Crippen molar-refractivity contribution in [1.82, 2.24) is 0 Å². The quantitative estimate of drug-likeness (QED) is 0.0755. The van der Waals surface area contributed by atoms with E-state index in [0.29, 0.717) is 0 Å². The molecule has 230 valence electrons. The summed E-state index contributed by atoms with van der Waals surface area (Å²) in [5.41, 5.74) is 1.46. The van der Waals surface area contributed by atoms with Gasteiger partial charge in [0.1, 0.15) is 5.60 Å². The molecule has 0 unspecified atom stereocenters. The summed E-state index contributed by atoms with van der Waals surface area (Å²) in [6.07, 6.45) is -3.14. The highest BCUT2D eigenvalue weighted by Crippen LogP contribution is 2.41. The van der Waals surface area contributed by atoms with E-state index < -0.39 is 41.8 Å². The molecule has 0 N–H and O–H groups in total. The molecule has 3 atom stereocenters. The molecule has 0 aromatic heterocycles. The van der Waals surface area contributed by atoms with Crippen molar-refractivity contribution in [2.45, 2.75) is 63.1 Å². The van der Waals surface area contributed by atoms with Gasteiger partial charge in [-0.15, -0.1) is 23.5 Å². The van der Waals surface area contributed by atoms with Crippen molar-refractivity contribution in [3.05, 3.63) is 108 Å². The minimum absolute atomic E-state index is 0.172. The Kier molecular flexibility index (Phi) is 13.6. The van der Waals surface area contributed by atoms with Gasteiger partial charge in [-0.2, -0.15) is 0 Å². The zero-order valence-electron chi connectivity index (χ0n) is 25.3. The predicted molar refractivity (Wildman–Crippen MR) is 172 cm³/mol. The molecule has 3 aromatic carbocycles. The molecule has 0 bridgehead atoms. The molecule has 0 radical (unpaired) electrons. The fraction of sp³-hybridized carbons (Fsp3) is 0.382. The molecule has 0 fully saturated rings. The molecule has 3 aromatic rings. The van der Waals surface area contributed by atoms with Crippen molar-refractivity contribution >= 4 is 41.4 Å². The average Bonchev–Trinajstić information content (AvgIpc) is 3.00. The van der Waals surface area contributed by atoms with Crippen molar-refractivity contribution < 1.29 is 33.3 Å². The summed E-state index contributed by atoms with van der Waals surface area (Å²) in [4.78, 5) is 37.3. The molecule has 0 aliphatic rings. The Bertz CT molecular complexity index is 1190. The van der Waals surface area contributed by atoms with E-state index in [1.165, 1.54) is 20.8 Å². The summed E-state index contributed by atoms with van der Waals surface area (Å²) in [6, 6.07) is 29.3. The number of carbonyl (C=O) groups is 3. The number of thioether (sulfide) groups is 2. The molecule has 0 amide bonds. The van der Waals surface area contributed by atoms with Crippen LogP contribution in [0.5, 0.6) is 0 Å². The smallest absolute Gasteiger partial charge is 0.303 e. The summed E-state index contributed by atoms with van der Waals surface area (Å²) < 4.78 is 24.1. The normalized spacial score (nSPS) is 13.5. The Morgan fingerprint density at radius 3 is 1.33 bits per heavy atom. The maximum absolute atomic E-state index is 12.5. The summed E-state index contributed by atoms with van der Waals surface area (Å²) in [6.45, 7) is 7.70. The lowest BCUT2D eigenvalue weighted by Crippen LogP contribution is -2.51. The van der Waals surface area contributed by atoms with Crippen LogP contribution in [-0.2, 0) is 38.9 Å². The molecule has 9 heteroatoms. The number of carbonyl (C=O) groups excluding carboxylic acids is 3. The topological polar surface area (TPSA) is 88.1 Å². The molecular formula is C34H40O7S2. The molecule has 0 saturated carbocycles. The molecule has 43 heavy (non-hydrogen) atoms. The first kappa shape index (κ1) is 34.2. The lowest BCUT2D eigenvalue weighted by Gasteiger charge is -2.39. The van der Waals surface area contributed by atoms with Crippen LogP contribution < -0.4 is 0 Å². The zero-order chi connectivity index (χ0) is 31.2. The predicted octanol–water partition coefficient (Wildman–Crippen LogP) is 6.62. The van der Waals surface area contributed by atoms with Gasteiger partial charge in [0.25, 0.3) is 0 Å². The van der Waals surface area contributed by atoms with Crippen LogP contribution in [0.3, 0.4) is 0 Å². The summed E-state index contributed by atoms with van der Waals surface area (Å²) in [5, 5.41) is 0. The Balaban J connectivity index is 2.18. The maximum atomic E-state index is 12.5. The third-order valence-corrected chi connectivity index (χ3v) is 9.22. The summed E-state index contributed by atoms with van der Waals surface area (Å²) >= 11 is 3.14. The van der Waals surface area contributed by atoms with E-state index in [4.69, 9.17) is 18.9 Å². The van der Waals surface area contributed by atoms with Gasteiger partial charge in [-0.25, -0.2) is 0 Å². The van der Waals surface area contributed by atoms with Crippen molar-refractivity contribution in [2.24, 2.45) is 0 Å². The summed E-state index contributed by atoms with van der Waals surface area (Å²) in [7, 11) is 0. The molecule has 3 rings (SSSR count). The number of benzene rings is 3. The van der Waals surface area contributed by atoms with Crippen molar-refractivity contribution in [1.29, 1.82) is 0 Å². The Labute approximate surface area is 263 Å². The largest absolute Gasteiger partial charge is 0.456 e. The fourth-order valence-electron chi connectivity index (χ4n) is 4.97. The van der Waals surface area contributed by atoms with E-state index in [2.05, 4.69) is 0 Å². The van der Waals surface area contributed by atoms with Gasteiger partial charge in [-0.1, -0.05) is 105 Å². The summed E-state index contributed by atoms with van der Waals surface area (Å²) in [5.74, 6) is -0.247. The molecule has 0 spiro atoms. The van der Waals surface area contributed by atoms with Gasteiger partial charge < -0.3 is 18.9 Å². The molecular weight excluding hydrogens is 585 g/mol. The van der Waals surface area contributed by atoms with Gasteiger partial charge in [0.05, 0.1) is 11.2 Å². The first-order valence-electron chi connectivity index (χ1n) is 14.3. The second kappa shape index (κ2) is 17.1. The minimum Gasteiger partial charge on any atom is -0.456 e. The van der Waals surface area contributed by atoms with Crippen molar-refractivity contribution in [3.63, 3.8) is 0 Å². The lowest BCUT2D eigenvalue weighted by molar-refractivity contribution is -0.189. The Morgan fingerprint density at radius 2 is 0.977 bits per heavy atom. The van der Waals surface area contributed by atoms with E-state index in [-0.39, 0.29) is 11.2 Å². The van der Waals surface area contributed by atoms with Crippen LogP contribution in [0.2, 0.25) is 0 Å². The molecule has 0 saturated heterocycles. The van der Waals surface area contributed by atoms with Crippen molar-refractivity contribution in [3.8, 4) is 0 Å². The number of hydrogen-bond acceptors (Lipinski definition) is 9. The standard InChI is InChI=1S/C34H40O7S2/c1-6-42-33(43-7-2)32(41-26(5)37)31(40-25(4)36)30(39-24(3)35)23-38-34(27-17-11-8-12-18-27,28-19-13-9-14-20-28)29-21-15-10-16-22-29/h8-22,30-33H,6-7,23H2,1-5H3/t30-,31-,32-/m1/s1. The van der Waals surface area contributed by atoms with Crippen LogP contribution in [0.4, 0.5) is 0 Å². The SMILES string of the molecule is CCSC(SCC)[C@H](OC(C)=O)[C@H](OC(C)=O)[C@@H](COC(c1ccccc1)(c1ccccc1)c1ccccc1)OC(C)=O. The van der Waals surface area contributed by atoms with Crippen LogP contribution in [-0.4, -0.2) is 58.9 Å². The number of ether oxygens (including phenoxy) is 4. The molecule has 0 aliphatic heterocycles. The van der Waals surface area contributed by atoms with E-state index in [1.54, 1.807) is 23.5 Å². The Hall–Kier alpha value is -3.27.